The van der Waals surface area contributed by atoms with Gasteiger partial charge in [-0.1, -0.05) is 23.2 Å². The van der Waals surface area contributed by atoms with Gasteiger partial charge in [-0.15, -0.1) is 0 Å². The van der Waals surface area contributed by atoms with Crippen molar-refractivity contribution in [3.8, 4) is 5.69 Å². The van der Waals surface area contributed by atoms with Crippen LogP contribution in [0.2, 0.25) is 10.0 Å². The van der Waals surface area contributed by atoms with Gasteiger partial charge in [0.15, 0.2) is 5.84 Å². The second kappa shape index (κ2) is 8.30. The third kappa shape index (κ3) is 3.80. The number of hydrazone groups is 1. The Bertz CT molecular complexity index is 1420. The number of fused-ring (bicyclic) bond motifs is 1. The Morgan fingerprint density at radius 1 is 1.15 bits per heavy atom. The minimum atomic E-state index is -0.476. The van der Waals surface area contributed by atoms with Crippen LogP contribution >= 0.6 is 35.0 Å². The van der Waals surface area contributed by atoms with Gasteiger partial charge >= 0.3 is 0 Å². The van der Waals surface area contributed by atoms with Crippen molar-refractivity contribution in [1.29, 1.82) is 5.41 Å². The number of hydrogen-bond donors (Lipinski definition) is 1. The predicted octanol–water partition coefficient (Wildman–Crippen LogP) is 5.46. The molecule has 33 heavy (non-hydrogen) atoms. The van der Waals surface area contributed by atoms with Gasteiger partial charge < -0.3 is 4.57 Å². The van der Waals surface area contributed by atoms with Crippen molar-refractivity contribution in [3.05, 3.63) is 86.9 Å². The Hall–Kier alpha value is -3.20. The number of halogens is 2. The number of nitrogens with one attached hydrogen (secondary N) is 1. The minimum absolute atomic E-state index is 0.0225. The van der Waals surface area contributed by atoms with Gasteiger partial charge in [-0.3, -0.25) is 15.2 Å². The van der Waals surface area contributed by atoms with Crippen LogP contribution in [0.3, 0.4) is 0 Å². The van der Waals surface area contributed by atoms with Crippen molar-refractivity contribution < 1.29 is 4.79 Å². The van der Waals surface area contributed by atoms with E-state index in [4.69, 9.17) is 28.6 Å². The fourth-order valence-corrected chi connectivity index (χ4v) is 5.09. The van der Waals surface area contributed by atoms with Crippen molar-refractivity contribution in [2.24, 2.45) is 10.1 Å². The number of thioether (sulfide) groups is 1. The first-order valence-electron chi connectivity index (χ1n) is 9.88. The van der Waals surface area contributed by atoms with E-state index in [1.165, 1.54) is 16.8 Å². The van der Waals surface area contributed by atoms with Gasteiger partial charge in [0.2, 0.25) is 5.17 Å². The van der Waals surface area contributed by atoms with Crippen molar-refractivity contribution in [3.63, 3.8) is 0 Å². The van der Waals surface area contributed by atoms with Gasteiger partial charge in [0.1, 0.15) is 5.04 Å². The third-order valence-corrected chi connectivity index (χ3v) is 6.78. The zero-order valence-corrected chi connectivity index (χ0v) is 19.8. The molecule has 1 amide bonds. The maximum absolute atomic E-state index is 12.8. The molecular weight excluding hydrogens is 479 g/mol. The first-order valence-corrected chi connectivity index (χ1v) is 11.5. The molecule has 0 saturated carbocycles. The highest BCUT2D eigenvalue weighted by atomic mass is 35.5. The summed E-state index contributed by atoms with van der Waals surface area (Å²) in [6.07, 6.45) is 5.04. The number of pyridine rings is 1. The van der Waals surface area contributed by atoms with Crippen LogP contribution in [-0.2, 0) is 4.79 Å². The van der Waals surface area contributed by atoms with Crippen LogP contribution in [0.15, 0.2) is 64.5 Å². The number of aromatic nitrogens is 2. The highest BCUT2D eigenvalue weighted by molar-refractivity contribution is 8.27. The number of carbonyl (C=O) groups is 1. The summed E-state index contributed by atoms with van der Waals surface area (Å²) in [6, 6.07) is 10.9. The SMILES string of the molecule is Cc1cc(C=C2C(=N)N3N=C(c4cccnc4)SC3=NC2=O)c(C)n1-c1ccc(Cl)cc1Cl. The Morgan fingerprint density at radius 2 is 1.97 bits per heavy atom. The fourth-order valence-electron chi connectivity index (χ4n) is 3.72. The van der Waals surface area contributed by atoms with Crippen LogP contribution in [0.4, 0.5) is 0 Å². The maximum Gasteiger partial charge on any atom is 0.283 e. The average Bonchev–Trinajstić information content (AvgIpc) is 3.33. The first-order chi connectivity index (χ1) is 15.8. The van der Waals surface area contributed by atoms with E-state index in [-0.39, 0.29) is 11.4 Å². The lowest BCUT2D eigenvalue weighted by Gasteiger charge is -2.20. The maximum atomic E-state index is 12.8. The van der Waals surface area contributed by atoms with E-state index >= 15 is 0 Å². The van der Waals surface area contributed by atoms with Crippen molar-refractivity contribution in [1.82, 2.24) is 14.6 Å². The molecule has 0 fully saturated rings. The Morgan fingerprint density at radius 3 is 2.70 bits per heavy atom. The summed E-state index contributed by atoms with van der Waals surface area (Å²) in [7, 11) is 0. The van der Waals surface area contributed by atoms with Gasteiger partial charge in [0, 0.05) is 34.4 Å². The molecule has 0 atom stereocenters. The van der Waals surface area contributed by atoms with Crippen LogP contribution in [0.25, 0.3) is 11.8 Å². The number of nitrogens with zero attached hydrogens (tertiary/aromatic N) is 5. The number of carbonyl (C=O) groups excluding carboxylic acids is 1. The van der Waals surface area contributed by atoms with Gasteiger partial charge in [0.05, 0.1) is 16.3 Å². The zero-order chi connectivity index (χ0) is 23.3. The molecule has 0 unspecified atom stereocenters. The van der Waals surface area contributed by atoms with E-state index in [2.05, 4.69) is 15.1 Å². The van der Waals surface area contributed by atoms with Crippen molar-refractivity contribution in [2.75, 3.05) is 0 Å². The van der Waals surface area contributed by atoms with Crippen LogP contribution in [0, 0.1) is 19.3 Å². The van der Waals surface area contributed by atoms with Gasteiger partial charge in [-0.2, -0.15) is 15.1 Å². The fraction of sp³-hybridized carbons (Fsp3) is 0.0870. The number of rotatable bonds is 3. The summed E-state index contributed by atoms with van der Waals surface area (Å²) >= 11 is 13.7. The minimum Gasteiger partial charge on any atom is -0.316 e. The standard InChI is InChI=1S/C23H16Cl2N6OS/c1-12-8-15(13(2)30(12)19-6-5-16(24)10-18(19)25)9-17-20(26)31-23(28-21(17)32)33-22(29-31)14-4-3-7-27-11-14/h3-11,26H,1-2H3. The summed E-state index contributed by atoms with van der Waals surface area (Å²) < 4.78 is 1.99. The number of amides is 1. The predicted molar refractivity (Wildman–Crippen MR) is 134 cm³/mol. The molecule has 0 spiro atoms. The van der Waals surface area contributed by atoms with Crippen molar-refractivity contribution >= 4 is 63.0 Å². The molecule has 164 valence electrons. The van der Waals surface area contributed by atoms with Crippen LogP contribution < -0.4 is 0 Å². The zero-order valence-electron chi connectivity index (χ0n) is 17.5. The highest BCUT2D eigenvalue weighted by Crippen LogP contribution is 2.33. The Balaban J connectivity index is 1.53. The van der Waals surface area contributed by atoms with Gasteiger partial charge in [-0.05, 0) is 73.6 Å². The van der Waals surface area contributed by atoms with Gasteiger partial charge in [-0.25, -0.2) is 0 Å². The molecular formula is C23H16Cl2N6OS. The Labute approximate surface area is 203 Å². The number of benzene rings is 1. The molecule has 2 aromatic heterocycles. The molecule has 7 nitrogen and oxygen atoms in total. The number of hydrogen-bond acceptors (Lipinski definition) is 5. The molecule has 3 aromatic rings. The third-order valence-electron chi connectivity index (χ3n) is 5.28. The summed E-state index contributed by atoms with van der Waals surface area (Å²) in [5, 5.41) is 16.6. The summed E-state index contributed by atoms with van der Waals surface area (Å²) in [5.74, 6) is -0.499. The van der Waals surface area contributed by atoms with E-state index in [9.17, 15) is 4.79 Å². The summed E-state index contributed by atoms with van der Waals surface area (Å²) in [6.45, 7) is 3.88. The van der Waals surface area contributed by atoms with E-state index in [1.54, 1.807) is 30.6 Å². The smallest absolute Gasteiger partial charge is 0.283 e. The molecule has 2 aliphatic heterocycles. The molecule has 0 aliphatic carbocycles. The topological polar surface area (TPSA) is 86.7 Å². The first kappa shape index (κ1) is 21.6. The average molecular weight is 495 g/mol. The molecule has 5 rings (SSSR count). The van der Waals surface area contributed by atoms with Crippen LogP contribution in [-0.4, -0.2) is 36.5 Å². The van der Waals surface area contributed by atoms with Crippen molar-refractivity contribution in [2.45, 2.75) is 13.8 Å². The summed E-state index contributed by atoms with van der Waals surface area (Å²) in [5.41, 5.74) is 4.33. The lowest BCUT2D eigenvalue weighted by molar-refractivity contribution is -0.114. The molecule has 4 heterocycles. The van der Waals surface area contributed by atoms with E-state index in [0.717, 1.165) is 28.2 Å². The number of aliphatic imine (C=N–C) groups is 1. The second-order valence-corrected chi connectivity index (χ2v) is 9.22. The normalized spacial score (nSPS) is 16.8. The van der Waals surface area contributed by atoms with Gasteiger partial charge in [0.25, 0.3) is 5.91 Å². The second-order valence-electron chi connectivity index (χ2n) is 7.42. The Kier molecular flexibility index (Phi) is 5.44. The lowest BCUT2D eigenvalue weighted by Crippen LogP contribution is -2.35. The van der Waals surface area contributed by atoms with E-state index < -0.39 is 5.91 Å². The highest BCUT2D eigenvalue weighted by Gasteiger charge is 2.36. The molecule has 0 saturated heterocycles. The molecule has 1 N–H and O–H groups in total. The van der Waals surface area contributed by atoms with E-state index in [0.29, 0.717) is 20.3 Å². The molecule has 0 radical (unpaired) electrons. The molecule has 0 bridgehead atoms. The molecule has 2 aliphatic rings. The largest absolute Gasteiger partial charge is 0.316 e. The summed E-state index contributed by atoms with van der Waals surface area (Å²) in [4.78, 5) is 21.1. The van der Waals surface area contributed by atoms with Crippen LogP contribution in [0.1, 0.15) is 22.5 Å². The molecule has 1 aromatic carbocycles. The van der Waals surface area contributed by atoms with E-state index in [1.807, 2.05) is 42.7 Å². The number of amidine groups is 2. The monoisotopic (exact) mass is 494 g/mol. The number of aryl methyl sites for hydroxylation is 1. The lowest BCUT2D eigenvalue weighted by atomic mass is 10.1. The quantitative estimate of drug-likeness (QED) is 0.489. The molecule has 10 heteroatoms. The van der Waals surface area contributed by atoms with Crippen LogP contribution in [0.5, 0.6) is 0 Å².